The average molecular weight is 341 g/mol. The summed E-state index contributed by atoms with van der Waals surface area (Å²) >= 11 is 1.95. The van der Waals surface area contributed by atoms with Crippen LogP contribution >= 0.6 is 22.6 Å². The number of halogens is 1. The molecule has 1 saturated heterocycles. The van der Waals surface area contributed by atoms with Gasteiger partial charge in [0.25, 0.3) is 0 Å². The van der Waals surface area contributed by atoms with Crippen LogP contribution in [0.4, 0.5) is 0 Å². The van der Waals surface area contributed by atoms with Gasteiger partial charge in [0.1, 0.15) is 3.92 Å². The maximum Gasteiger partial charge on any atom is 0.320 e. The van der Waals surface area contributed by atoms with Crippen LogP contribution in [0.25, 0.3) is 0 Å². The zero-order valence-corrected chi connectivity index (χ0v) is 11.4. The van der Waals surface area contributed by atoms with Gasteiger partial charge in [0.05, 0.1) is 19.6 Å². The van der Waals surface area contributed by atoms with E-state index in [2.05, 4.69) is 10.1 Å². The van der Waals surface area contributed by atoms with Crippen molar-refractivity contribution < 1.29 is 19.1 Å². The Hall–Kier alpha value is -0.370. The predicted molar refractivity (Wildman–Crippen MR) is 66.4 cm³/mol. The highest BCUT2D eigenvalue weighted by atomic mass is 127. The molecule has 1 heterocycles. The van der Waals surface area contributed by atoms with Crippen molar-refractivity contribution in [3.63, 3.8) is 0 Å². The highest BCUT2D eigenvalue weighted by Crippen LogP contribution is 2.13. The Morgan fingerprint density at radius 1 is 1.62 bits per heavy atom. The van der Waals surface area contributed by atoms with Gasteiger partial charge in [0.2, 0.25) is 5.91 Å². The summed E-state index contributed by atoms with van der Waals surface area (Å²) in [6, 6.07) is 0. The minimum atomic E-state index is -0.337. The quantitative estimate of drug-likeness (QED) is 0.460. The van der Waals surface area contributed by atoms with Crippen LogP contribution in [0, 0.1) is 5.92 Å². The normalized spacial score (nSPS) is 22.2. The van der Waals surface area contributed by atoms with Gasteiger partial charge >= 0.3 is 5.97 Å². The summed E-state index contributed by atoms with van der Waals surface area (Å²) in [5, 5.41) is 2.74. The molecule has 1 amide bonds. The number of nitrogens with one attached hydrogen (secondary N) is 1. The van der Waals surface area contributed by atoms with Gasteiger partial charge in [-0.15, -0.1) is 0 Å². The van der Waals surface area contributed by atoms with Gasteiger partial charge in [0, 0.05) is 13.2 Å². The van der Waals surface area contributed by atoms with E-state index in [0.717, 1.165) is 19.4 Å². The zero-order valence-electron chi connectivity index (χ0n) is 9.20. The summed E-state index contributed by atoms with van der Waals surface area (Å²) in [7, 11) is 1.34. The van der Waals surface area contributed by atoms with Crippen LogP contribution in [0.3, 0.4) is 0 Å². The molecule has 0 aliphatic carbocycles. The van der Waals surface area contributed by atoms with Crippen molar-refractivity contribution in [2.75, 3.05) is 26.9 Å². The molecule has 0 spiro atoms. The number of hydrogen-bond donors (Lipinski definition) is 1. The maximum atomic E-state index is 11.7. The summed E-state index contributed by atoms with van der Waals surface area (Å²) in [6.07, 6.45) is 1.78. The Morgan fingerprint density at radius 2 is 2.38 bits per heavy atom. The molecule has 5 nitrogen and oxygen atoms in total. The van der Waals surface area contributed by atoms with E-state index >= 15 is 0 Å². The summed E-state index contributed by atoms with van der Waals surface area (Å²) < 4.78 is 9.45. The van der Waals surface area contributed by atoms with Gasteiger partial charge < -0.3 is 14.8 Å². The van der Waals surface area contributed by atoms with Crippen LogP contribution in [0.1, 0.15) is 12.8 Å². The lowest BCUT2D eigenvalue weighted by Gasteiger charge is -2.21. The standard InChI is InChI=1S/C10H16INO4/c1-15-10(14)8(11)5-12-9(13)7-3-2-4-16-6-7/h7-8H,2-6H2,1H3,(H,12,13). The lowest BCUT2D eigenvalue weighted by Crippen LogP contribution is -2.40. The third kappa shape index (κ3) is 4.25. The lowest BCUT2D eigenvalue weighted by molar-refractivity contribution is -0.139. The summed E-state index contributed by atoms with van der Waals surface area (Å²) in [4.78, 5) is 22.8. The van der Waals surface area contributed by atoms with E-state index in [-0.39, 0.29) is 21.7 Å². The van der Waals surface area contributed by atoms with E-state index in [0.29, 0.717) is 13.2 Å². The molecule has 6 heteroatoms. The van der Waals surface area contributed by atoms with Gasteiger partial charge in [-0.25, -0.2) is 0 Å². The highest BCUT2D eigenvalue weighted by molar-refractivity contribution is 14.1. The van der Waals surface area contributed by atoms with E-state index < -0.39 is 0 Å². The summed E-state index contributed by atoms with van der Waals surface area (Å²) in [6.45, 7) is 1.53. The average Bonchev–Trinajstić information content (AvgIpc) is 2.35. The second-order valence-corrected chi connectivity index (χ2v) is 5.15. The van der Waals surface area contributed by atoms with Gasteiger partial charge in [-0.3, -0.25) is 9.59 Å². The fourth-order valence-electron chi connectivity index (χ4n) is 1.49. The molecule has 1 aliphatic rings. The first-order valence-corrected chi connectivity index (χ1v) is 6.47. The van der Waals surface area contributed by atoms with Crippen molar-refractivity contribution >= 4 is 34.5 Å². The van der Waals surface area contributed by atoms with Crippen LogP contribution in [0.2, 0.25) is 0 Å². The Labute approximate surface area is 108 Å². The SMILES string of the molecule is COC(=O)C(I)CNC(=O)C1CCCOC1. The van der Waals surface area contributed by atoms with Crippen molar-refractivity contribution in [1.82, 2.24) is 5.32 Å². The van der Waals surface area contributed by atoms with Crippen molar-refractivity contribution in [2.45, 2.75) is 16.8 Å². The van der Waals surface area contributed by atoms with Crippen LogP contribution in [0.15, 0.2) is 0 Å². The molecule has 0 aromatic rings. The first-order valence-electron chi connectivity index (χ1n) is 5.22. The monoisotopic (exact) mass is 341 g/mol. The van der Waals surface area contributed by atoms with Crippen LogP contribution in [-0.2, 0) is 19.1 Å². The topological polar surface area (TPSA) is 64.6 Å². The smallest absolute Gasteiger partial charge is 0.320 e. The Morgan fingerprint density at radius 3 is 2.94 bits per heavy atom. The van der Waals surface area contributed by atoms with E-state index in [1.54, 1.807) is 0 Å². The second-order valence-electron chi connectivity index (χ2n) is 3.65. The van der Waals surface area contributed by atoms with Crippen molar-refractivity contribution in [3.05, 3.63) is 0 Å². The number of hydrogen-bond acceptors (Lipinski definition) is 4. The minimum Gasteiger partial charge on any atom is -0.468 e. The van der Waals surface area contributed by atoms with Crippen molar-refractivity contribution in [3.8, 4) is 0 Å². The van der Waals surface area contributed by atoms with Gasteiger partial charge in [-0.2, -0.15) is 0 Å². The lowest BCUT2D eigenvalue weighted by atomic mass is 10.0. The Balaban J connectivity index is 2.26. The number of carbonyl (C=O) groups is 2. The van der Waals surface area contributed by atoms with Crippen LogP contribution < -0.4 is 5.32 Å². The molecular formula is C10H16INO4. The number of ether oxygens (including phenoxy) is 2. The molecule has 1 aliphatic heterocycles. The first-order chi connectivity index (χ1) is 7.65. The minimum absolute atomic E-state index is 0.0368. The maximum absolute atomic E-state index is 11.7. The molecule has 2 atom stereocenters. The zero-order chi connectivity index (χ0) is 12.0. The molecule has 1 rings (SSSR count). The van der Waals surface area contributed by atoms with Crippen LogP contribution in [-0.4, -0.2) is 42.7 Å². The fourth-order valence-corrected chi connectivity index (χ4v) is 1.97. The summed E-state index contributed by atoms with van der Waals surface area (Å²) in [5.74, 6) is -0.430. The molecule has 0 saturated carbocycles. The Kier molecular flexibility index (Phi) is 6.04. The van der Waals surface area contributed by atoms with E-state index in [9.17, 15) is 9.59 Å². The van der Waals surface area contributed by atoms with Crippen molar-refractivity contribution in [1.29, 1.82) is 0 Å². The number of rotatable bonds is 4. The molecule has 16 heavy (non-hydrogen) atoms. The van der Waals surface area contributed by atoms with Gasteiger partial charge in [-0.1, -0.05) is 22.6 Å². The number of amides is 1. The molecule has 92 valence electrons. The number of alkyl halides is 1. The third-order valence-corrected chi connectivity index (χ3v) is 3.39. The molecule has 0 radical (unpaired) electrons. The summed E-state index contributed by atoms with van der Waals surface area (Å²) in [5.41, 5.74) is 0. The van der Waals surface area contributed by atoms with Gasteiger partial charge in [-0.05, 0) is 12.8 Å². The second kappa shape index (κ2) is 7.05. The molecule has 1 fully saturated rings. The van der Waals surface area contributed by atoms with E-state index in [4.69, 9.17) is 4.74 Å². The largest absolute Gasteiger partial charge is 0.468 e. The molecule has 0 aromatic carbocycles. The molecular weight excluding hydrogens is 325 g/mol. The number of carbonyl (C=O) groups excluding carboxylic acids is 2. The molecule has 0 aromatic heterocycles. The van der Waals surface area contributed by atoms with Crippen LogP contribution in [0.5, 0.6) is 0 Å². The van der Waals surface area contributed by atoms with Crippen molar-refractivity contribution in [2.24, 2.45) is 5.92 Å². The van der Waals surface area contributed by atoms with E-state index in [1.165, 1.54) is 7.11 Å². The highest BCUT2D eigenvalue weighted by Gasteiger charge is 2.23. The number of methoxy groups -OCH3 is 1. The predicted octanol–water partition coefficient (Wildman–Crippen LogP) is 0.506. The molecule has 0 bridgehead atoms. The molecule has 1 N–H and O–H groups in total. The van der Waals surface area contributed by atoms with Gasteiger partial charge in [0.15, 0.2) is 0 Å². The fraction of sp³-hybridized carbons (Fsp3) is 0.800. The first kappa shape index (κ1) is 13.7. The Bertz CT molecular complexity index is 253. The van der Waals surface area contributed by atoms with E-state index in [1.807, 2.05) is 22.6 Å². The third-order valence-electron chi connectivity index (χ3n) is 2.44. The molecule has 2 unspecified atom stereocenters. The number of esters is 1.